The van der Waals surface area contributed by atoms with Crippen LogP contribution < -0.4 is 5.73 Å². The van der Waals surface area contributed by atoms with Crippen LogP contribution in [0.5, 0.6) is 0 Å². The van der Waals surface area contributed by atoms with Crippen molar-refractivity contribution in [1.82, 2.24) is 4.90 Å². The van der Waals surface area contributed by atoms with E-state index in [1.807, 2.05) is 0 Å². The van der Waals surface area contributed by atoms with Gasteiger partial charge in [-0.25, -0.2) is 0 Å². The lowest BCUT2D eigenvalue weighted by atomic mass is 9.95. The van der Waals surface area contributed by atoms with Gasteiger partial charge < -0.3 is 5.73 Å². The molecule has 0 saturated carbocycles. The minimum atomic E-state index is 0.391. The highest BCUT2D eigenvalue weighted by Crippen LogP contribution is 2.30. The molecule has 0 aromatic heterocycles. The summed E-state index contributed by atoms with van der Waals surface area (Å²) < 4.78 is 0. The SMILES string of the molecule is CC(C)Cc1ccc(C(CN)N2CCC(C(C)C)C2)cc1. The van der Waals surface area contributed by atoms with Gasteiger partial charge in [0.25, 0.3) is 0 Å². The van der Waals surface area contributed by atoms with Gasteiger partial charge in [-0.2, -0.15) is 0 Å². The van der Waals surface area contributed by atoms with Crippen molar-refractivity contribution in [2.75, 3.05) is 19.6 Å². The van der Waals surface area contributed by atoms with E-state index in [-0.39, 0.29) is 0 Å². The molecule has 2 N–H and O–H groups in total. The molecule has 2 rings (SSSR count). The van der Waals surface area contributed by atoms with Crippen LogP contribution in [0.15, 0.2) is 24.3 Å². The van der Waals surface area contributed by atoms with E-state index in [0.29, 0.717) is 18.5 Å². The van der Waals surface area contributed by atoms with E-state index in [2.05, 4.69) is 56.9 Å². The summed E-state index contributed by atoms with van der Waals surface area (Å²) in [7, 11) is 0. The predicted molar refractivity (Wildman–Crippen MR) is 91.3 cm³/mol. The lowest BCUT2D eigenvalue weighted by Crippen LogP contribution is -2.32. The summed E-state index contributed by atoms with van der Waals surface area (Å²) >= 11 is 0. The monoisotopic (exact) mass is 288 g/mol. The largest absolute Gasteiger partial charge is 0.329 e. The van der Waals surface area contributed by atoms with E-state index in [1.54, 1.807) is 0 Å². The molecule has 118 valence electrons. The molecular weight excluding hydrogens is 256 g/mol. The zero-order valence-corrected chi connectivity index (χ0v) is 14.2. The van der Waals surface area contributed by atoms with E-state index < -0.39 is 0 Å². The maximum Gasteiger partial charge on any atom is 0.0470 e. The van der Waals surface area contributed by atoms with Gasteiger partial charge in [0, 0.05) is 19.1 Å². The second kappa shape index (κ2) is 7.42. The molecule has 1 heterocycles. The summed E-state index contributed by atoms with van der Waals surface area (Å²) in [5, 5.41) is 0. The number of benzene rings is 1. The molecular formula is C19H32N2. The quantitative estimate of drug-likeness (QED) is 0.861. The number of nitrogens with two attached hydrogens (primary N) is 1. The summed E-state index contributed by atoms with van der Waals surface area (Å²) in [6, 6.07) is 9.54. The van der Waals surface area contributed by atoms with E-state index in [9.17, 15) is 0 Å². The van der Waals surface area contributed by atoms with Crippen molar-refractivity contribution in [3.05, 3.63) is 35.4 Å². The Balaban J connectivity index is 2.04. The van der Waals surface area contributed by atoms with Gasteiger partial charge in [0.2, 0.25) is 0 Å². The molecule has 2 atom stereocenters. The van der Waals surface area contributed by atoms with Crippen LogP contribution in [-0.4, -0.2) is 24.5 Å². The molecule has 2 nitrogen and oxygen atoms in total. The van der Waals surface area contributed by atoms with Crippen LogP contribution in [0.2, 0.25) is 0 Å². The summed E-state index contributed by atoms with van der Waals surface area (Å²) in [4.78, 5) is 2.59. The Bertz CT molecular complexity index is 422. The third kappa shape index (κ3) is 4.31. The van der Waals surface area contributed by atoms with Crippen molar-refractivity contribution in [2.24, 2.45) is 23.5 Å². The molecule has 0 amide bonds. The Hall–Kier alpha value is -0.860. The highest BCUT2D eigenvalue weighted by molar-refractivity contribution is 5.26. The zero-order valence-electron chi connectivity index (χ0n) is 14.2. The van der Waals surface area contributed by atoms with Gasteiger partial charge in [0.1, 0.15) is 0 Å². The van der Waals surface area contributed by atoms with Crippen LogP contribution in [0.4, 0.5) is 0 Å². The van der Waals surface area contributed by atoms with Crippen molar-refractivity contribution in [3.8, 4) is 0 Å². The van der Waals surface area contributed by atoms with Crippen LogP contribution >= 0.6 is 0 Å². The molecule has 0 radical (unpaired) electrons. The number of rotatable bonds is 6. The summed E-state index contributed by atoms with van der Waals surface area (Å²) in [5.74, 6) is 2.33. The number of hydrogen-bond donors (Lipinski definition) is 1. The smallest absolute Gasteiger partial charge is 0.0470 e. The first-order chi connectivity index (χ1) is 10.0. The minimum Gasteiger partial charge on any atom is -0.329 e. The Labute approximate surface area is 130 Å². The topological polar surface area (TPSA) is 29.3 Å². The fourth-order valence-electron chi connectivity index (χ4n) is 3.49. The Morgan fingerprint density at radius 2 is 1.81 bits per heavy atom. The van der Waals surface area contributed by atoms with Crippen molar-refractivity contribution < 1.29 is 0 Å². The first-order valence-electron chi connectivity index (χ1n) is 8.54. The van der Waals surface area contributed by atoms with Gasteiger partial charge in [0.05, 0.1) is 0 Å². The summed E-state index contributed by atoms with van der Waals surface area (Å²) in [5.41, 5.74) is 8.90. The average Bonchev–Trinajstić information content (AvgIpc) is 2.91. The van der Waals surface area contributed by atoms with Gasteiger partial charge in [-0.3, -0.25) is 4.90 Å². The molecule has 0 spiro atoms. The van der Waals surface area contributed by atoms with Gasteiger partial charge >= 0.3 is 0 Å². The predicted octanol–water partition coefficient (Wildman–Crippen LogP) is 3.86. The molecule has 21 heavy (non-hydrogen) atoms. The molecule has 2 heteroatoms. The van der Waals surface area contributed by atoms with Crippen LogP contribution in [0.25, 0.3) is 0 Å². The third-order valence-corrected chi connectivity index (χ3v) is 4.87. The Morgan fingerprint density at radius 3 is 2.29 bits per heavy atom. The highest BCUT2D eigenvalue weighted by Gasteiger charge is 2.29. The van der Waals surface area contributed by atoms with Crippen molar-refractivity contribution in [2.45, 2.75) is 46.6 Å². The van der Waals surface area contributed by atoms with E-state index >= 15 is 0 Å². The lowest BCUT2D eigenvalue weighted by Gasteiger charge is -2.28. The number of hydrogen-bond acceptors (Lipinski definition) is 2. The van der Waals surface area contributed by atoms with Crippen LogP contribution in [0, 0.1) is 17.8 Å². The first-order valence-corrected chi connectivity index (χ1v) is 8.54. The van der Waals surface area contributed by atoms with E-state index in [0.717, 1.165) is 18.3 Å². The van der Waals surface area contributed by atoms with Crippen LogP contribution in [-0.2, 0) is 6.42 Å². The van der Waals surface area contributed by atoms with Gasteiger partial charge in [0.15, 0.2) is 0 Å². The first kappa shape index (κ1) is 16.5. The molecule has 1 aromatic carbocycles. The number of nitrogens with zero attached hydrogens (tertiary/aromatic N) is 1. The molecule has 1 saturated heterocycles. The second-order valence-electron chi connectivity index (χ2n) is 7.38. The minimum absolute atomic E-state index is 0.391. The average molecular weight is 288 g/mol. The summed E-state index contributed by atoms with van der Waals surface area (Å²) in [6.45, 7) is 12.3. The lowest BCUT2D eigenvalue weighted by molar-refractivity contribution is 0.232. The molecule has 2 unspecified atom stereocenters. The fraction of sp³-hybridized carbons (Fsp3) is 0.684. The normalized spacial score (nSPS) is 21.4. The second-order valence-corrected chi connectivity index (χ2v) is 7.38. The molecule has 1 aliphatic rings. The van der Waals surface area contributed by atoms with Crippen molar-refractivity contribution >= 4 is 0 Å². The van der Waals surface area contributed by atoms with Crippen LogP contribution in [0.1, 0.15) is 51.3 Å². The Morgan fingerprint density at radius 1 is 1.14 bits per heavy atom. The third-order valence-electron chi connectivity index (χ3n) is 4.87. The zero-order chi connectivity index (χ0) is 15.4. The fourth-order valence-corrected chi connectivity index (χ4v) is 3.49. The van der Waals surface area contributed by atoms with Crippen molar-refractivity contribution in [3.63, 3.8) is 0 Å². The molecule has 0 bridgehead atoms. The standard InChI is InChI=1S/C19H32N2/c1-14(2)11-16-5-7-17(8-6-16)19(12-20)21-10-9-18(13-21)15(3)4/h5-8,14-15,18-19H,9-13,20H2,1-4H3. The highest BCUT2D eigenvalue weighted by atomic mass is 15.2. The van der Waals surface area contributed by atoms with Crippen molar-refractivity contribution in [1.29, 1.82) is 0 Å². The van der Waals surface area contributed by atoms with Gasteiger partial charge in [-0.1, -0.05) is 52.0 Å². The maximum atomic E-state index is 6.08. The van der Waals surface area contributed by atoms with Gasteiger partial charge in [-0.15, -0.1) is 0 Å². The Kier molecular flexibility index (Phi) is 5.83. The molecule has 1 fully saturated rings. The molecule has 1 aromatic rings. The van der Waals surface area contributed by atoms with Gasteiger partial charge in [-0.05, 0) is 48.3 Å². The number of likely N-dealkylation sites (tertiary alicyclic amines) is 1. The molecule has 0 aliphatic carbocycles. The van der Waals surface area contributed by atoms with E-state index in [1.165, 1.54) is 30.6 Å². The maximum absolute atomic E-state index is 6.08. The summed E-state index contributed by atoms with van der Waals surface area (Å²) in [6.07, 6.45) is 2.48. The van der Waals surface area contributed by atoms with E-state index in [4.69, 9.17) is 5.73 Å². The molecule has 1 aliphatic heterocycles. The van der Waals surface area contributed by atoms with Crippen LogP contribution in [0.3, 0.4) is 0 Å².